The second kappa shape index (κ2) is 3.95. The Balaban J connectivity index is 2.50. The van der Waals surface area contributed by atoms with Crippen LogP contribution in [0.25, 0.3) is 5.52 Å². The molecule has 6 nitrogen and oxygen atoms in total. The van der Waals surface area contributed by atoms with Crippen LogP contribution in [0.15, 0.2) is 24.4 Å². The van der Waals surface area contributed by atoms with E-state index in [1.54, 1.807) is 0 Å². The zero-order valence-corrected chi connectivity index (χ0v) is 8.49. The predicted molar refractivity (Wildman–Crippen MR) is 56.4 cm³/mol. The first-order valence-electron chi connectivity index (χ1n) is 4.55. The van der Waals surface area contributed by atoms with E-state index in [4.69, 9.17) is 10.0 Å². The molecule has 0 aliphatic carbocycles. The van der Waals surface area contributed by atoms with Gasteiger partial charge in [0, 0.05) is 6.20 Å². The second-order valence-corrected chi connectivity index (χ2v) is 3.22. The number of fused-ring (bicyclic) bond motifs is 1. The van der Waals surface area contributed by atoms with E-state index in [0.717, 1.165) is 0 Å². The molecule has 2 N–H and O–H groups in total. The van der Waals surface area contributed by atoms with Crippen molar-refractivity contribution < 1.29 is 19.6 Å². The number of hydrogen-bond donors (Lipinski definition) is 2. The van der Waals surface area contributed by atoms with Gasteiger partial charge in [-0.05, 0) is 23.7 Å². The number of pyridine rings is 1. The molecule has 0 saturated heterocycles. The van der Waals surface area contributed by atoms with Gasteiger partial charge in [0.25, 0.3) is 0 Å². The lowest BCUT2D eigenvalue weighted by Crippen LogP contribution is -2.29. The van der Waals surface area contributed by atoms with Crippen LogP contribution in [0.4, 0.5) is 0 Å². The van der Waals surface area contributed by atoms with Gasteiger partial charge in [0.1, 0.15) is 0 Å². The Kier molecular flexibility index (Phi) is 2.63. The number of nitrogens with zero attached hydrogens (tertiary/aromatic N) is 2. The van der Waals surface area contributed by atoms with E-state index >= 15 is 0 Å². The molecule has 0 unspecified atom stereocenters. The summed E-state index contributed by atoms with van der Waals surface area (Å²) < 4.78 is 5.99. The van der Waals surface area contributed by atoms with Gasteiger partial charge < -0.3 is 14.8 Å². The van der Waals surface area contributed by atoms with Gasteiger partial charge in [-0.3, -0.25) is 0 Å². The summed E-state index contributed by atoms with van der Waals surface area (Å²) in [6.45, 7) is 0. The van der Waals surface area contributed by atoms with Crippen LogP contribution in [-0.4, -0.2) is 39.9 Å². The highest BCUT2D eigenvalue weighted by Crippen LogP contribution is 2.05. The maximum absolute atomic E-state index is 11.2. The summed E-state index contributed by atoms with van der Waals surface area (Å²) in [7, 11) is -0.267. The molecule has 0 atom stereocenters. The van der Waals surface area contributed by atoms with Crippen molar-refractivity contribution in [3.8, 4) is 0 Å². The van der Waals surface area contributed by atoms with Crippen molar-refractivity contribution in [2.45, 2.75) is 0 Å². The Morgan fingerprint density at radius 3 is 2.88 bits per heavy atom. The molecule has 0 aromatic carbocycles. The Morgan fingerprint density at radius 1 is 1.50 bits per heavy atom. The predicted octanol–water partition coefficient (Wildman–Crippen LogP) is -1.20. The molecule has 2 aromatic rings. The maximum Gasteiger partial charge on any atom is 0.488 e. The molecule has 2 heterocycles. The van der Waals surface area contributed by atoms with Gasteiger partial charge in [0.15, 0.2) is 5.69 Å². The van der Waals surface area contributed by atoms with E-state index in [9.17, 15) is 4.79 Å². The summed E-state index contributed by atoms with van der Waals surface area (Å²) in [4.78, 5) is 11.2. The van der Waals surface area contributed by atoms with Crippen LogP contribution in [0.2, 0.25) is 0 Å². The van der Waals surface area contributed by atoms with Crippen LogP contribution in [0.1, 0.15) is 10.5 Å². The smallest absolute Gasteiger partial charge is 0.464 e. The van der Waals surface area contributed by atoms with Crippen molar-refractivity contribution in [3.63, 3.8) is 0 Å². The Morgan fingerprint density at radius 2 is 2.25 bits per heavy atom. The summed E-state index contributed by atoms with van der Waals surface area (Å²) >= 11 is 0. The minimum atomic E-state index is -1.54. The molecular formula is C9H9BN2O4. The summed E-state index contributed by atoms with van der Waals surface area (Å²) in [5, 5.41) is 21.9. The van der Waals surface area contributed by atoms with Gasteiger partial charge in [-0.15, -0.1) is 0 Å². The molecule has 2 rings (SSSR count). The van der Waals surface area contributed by atoms with Crippen molar-refractivity contribution >= 4 is 24.1 Å². The molecule has 0 spiro atoms. The van der Waals surface area contributed by atoms with Crippen molar-refractivity contribution in [1.29, 1.82) is 0 Å². The number of aromatic nitrogens is 2. The number of esters is 1. The fourth-order valence-corrected chi connectivity index (χ4v) is 1.38. The topological polar surface area (TPSA) is 84.1 Å². The van der Waals surface area contributed by atoms with Gasteiger partial charge in [0.05, 0.1) is 12.6 Å². The normalized spacial score (nSPS) is 10.4. The number of methoxy groups -OCH3 is 1. The van der Waals surface area contributed by atoms with E-state index < -0.39 is 13.1 Å². The highest BCUT2D eigenvalue weighted by Gasteiger charge is 2.14. The molecule has 16 heavy (non-hydrogen) atoms. The van der Waals surface area contributed by atoms with Crippen LogP contribution < -0.4 is 5.46 Å². The summed E-state index contributed by atoms with van der Waals surface area (Å²) in [5.41, 5.74) is 1.10. The first-order chi connectivity index (χ1) is 7.61. The number of rotatable bonds is 2. The molecule has 0 fully saturated rings. The largest absolute Gasteiger partial charge is 0.488 e. The molecule has 0 amide bonds. The molecule has 7 heteroatoms. The minimum Gasteiger partial charge on any atom is -0.464 e. The zero-order valence-electron chi connectivity index (χ0n) is 8.49. The lowest BCUT2D eigenvalue weighted by Gasteiger charge is -1.98. The van der Waals surface area contributed by atoms with E-state index in [1.807, 2.05) is 0 Å². The van der Waals surface area contributed by atoms with Crippen LogP contribution in [-0.2, 0) is 4.74 Å². The van der Waals surface area contributed by atoms with Gasteiger partial charge in [-0.1, -0.05) is 0 Å². The fourth-order valence-electron chi connectivity index (χ4n) is 1.38. The molecule has 0 saturated carbocycles. The standard InChI is InChI=1S/C9H9BN2O4/c1-16-9(13)8-5-7-4-6(10(14)15)2-3-12(7)11-8/h2-5,14-15H,1H3. The third-order valence-corrected chi connectivity index (χ3v) is 2.18. The van der Waals surface area contributed by atoms with E-state index in [0.29, 0.717) is 11.0 Å². The molecule has 0 aliphatic rings. The third-order valence-electron chi connectivity index (χ3n) is 2.18. The Hall–Kier alpha value is -1.86. The van der Waals surface area contributed by atoms with Gasteiger partial charge in [-0.2, -0.15) is 5.10 Å². The van der Waals surface area contributed by atoms with Gasteiger partial charge >= 0.3 is 13.1 Å². The average molecular weight is 220 g/mol. The van der Waals surface area contributed by atoms with Crippen molar-refractivity contribution in [2.75, 3.05) is 7.11 Å². The van der Waals surface area contributed by atoms with Crippen molar-refractivity contribution in [3.05, 3.63) is 30.1 Å². The SMILES string of the molecule is COC(=O)c1cc2cc(B(O)O)ccn2n1. The quantitative estimate of drug-likeness (QED) is 0.490. The van der Waals surface area contributed by atoms with Crippen LogP contribution in [0, 0.1) is 0 Å². The zero-order chi connectivity index (χ0) is 11.7. The fraction of sp³-hybridized carbons (Fsp3) is 0.111. The molecule has 0 aliphatic heterocycles. The Labute approximate surface area is 91.2 Å². The van der Waals surface area contributed by atoms with Crippen LogP contribution >= 0.6 is 0 Å². The van der Waals surface area contributed by atoms with E-state index in [2.05, 4.69) is 9.84 Å². The molecule has 0 radical (unpaired) electrons. The lowest BCUT2D eigenvalue weighted by molar-refractivity contribution is 0.0593. The molecule has 0 bridgehead atoms. The summed E-state index contributed by atoms with van der Waals surface area (Å²) in [6.07, 6.45) is 1.54. The first kappa shape index (κ1) is 10.7. The summed E-state index contributed by atoms with van der Waals surface area (Å²) in [6, 6.07) is 4.55. The highest BCUT2D eigenvalue weighted by molar-refractivity contribution is 6.58. The van der Waals surface area contributed by atoms with Crippen molar-refractivity contribution in [1.82, 2.24) is 9.61 Å². The van der Waals surface area contributed by atoms with Crippen LogP contribution in [0.5, 0.6) is 0 Å². The van der Waals surface area contributed by atoms with Gasteiger partial charge in [-0.25, -0.2) is 9.31 Å². The van der Waals surface area contributed by atoms with Crippen molar-refractivity contribution in [2.24, 2.45) is 0 Å². The van der Waals surface area contributed by atoms with Crippen LogP contribution in [0.3, 0.4) is 0 Å². The average Bonchev–Trinajstić information content (AvgIpc) is 2.70. The second-order valence-electron chi connectivity index (χ2n) is 3.22. The summed E-state index contributed by atoms with van der Waals surface area (Å²) in [5.74, 6) is -0.533. The molecule has 2 aromatic heterocycles. The number of ether oxygens (including phenoxy) is 1. The number of hydrogen-bond acceptors (Lipinski definition) is 5. The Bertz CT molecular complexity index is 537. The lowest BCUT2D eigenvalue weighted by atomic mass is 9.81. The van der Waals surface area contributed by atoms with Gasteiger partial charge in [0.2, 0.25) is 0 Å². The maximum atomic E-state index is 11.2. The minimum absolute atomic E-state index is 0.173. The van der Waals surface area contributed by atoms with E-state index in [1.165, 1.54) is 36.0 Å². The van der Waals surface area contributed by atoms with E-state index in [-0.39, 0.29) is 5.69 Å². The number of carbonyl (C=O) groups excluding carboxylic acids is 1. The monoisotopic (exact) mass is 220 g/mol. The highest BCUT2D eigenvalue weighted by atomic mass is 16.5. The number of carbonyl (C=O) groups is 1. The third kappa shape index (κ3) is 1.78. The molecular weight excluding hydrogens is 211 g/mol. The molecule has 82 valence electrons. The first-order valence-corrected chi connectivity index (χ1v) is 4.55.